The van der Waals surface area contributed by atoms with Crippen molar-refractivity contribution in [3.05, 3.63) is 62.9 Å². The Morgan fingerprint density at radius 1 is 1.08 bits per heavy atom. The fraction of sp³-hybridized carbons (Fsp3) is 0.435. The van der Waals surface area contributed by atoms with Gasteiger partial charge in [-0.15, -0.1) is 0 Å². The van der Waals surface area contributed by atoms with Gasteiger partial charge in [-0.1, -0.05) is 88.2 Å². The summed E-state index contributed by atoms with van der Waals surface area (Å²) in [4.78, 5) is 13.7. The average molecular weight is 355 g/mol. The molecule has 0 amide bonds. The fourth-order valence-corrected chi connectivity index (χ4v) is 4.47. The third-order valence-corrected chi connectivity index (χ3v) is 5.57. The highest BCUT2D eigenvalue weighted by Gasteiger charge is 2.28. The Balaban J connectivity index is 0.00000109. The van der Waals surface area contributed by atoms with E-state index in [2.05, 4.69) is 49.6 Å². The molecule has 0 N–H and O–H groups in total. The van der Waals surface area contributed by atoms with Crippen LogP contribution in [-0.2, 0) is 11.2 Å². The Hall–Kier alpha value is -1.54. The molecule has 1 aliphatic carbocycles. The summed E-state index contributed by atoms with van der Waals surface area (Å²) in [6.45, 7) is 8.49. The zero-order chi connectivity index (χ0) is 18.2. The van der Waals surface area contributed by atoms with Crippen molar-refractivity contribution in [2.45, 2.75) is 66.2 Å². The molecular weight excluding hydrogens is 324 g/mol. The molecule has 0 spiro atoms. The molecule has 25 heavy (non-hydrogen) atoms. The number of fused-ring (bicyclic) bond motifs is 1. The van der Waals surface area contributed by atoms with E-state index >= 15 is 0 Å². The van der Waals surface area contributed by atoms with Crippen LogP contribution in [0.2, 0.25) is 0 Å². The Labute approximate surface area is 157 Å². The Kier molecular flexibility index (Phi) is 7.77. The maximum absolute atomic E-state index is 12.8. The Morgan fingerprint density at radius 2 is 1.76 bits per heavy atom. The van der Waals surface area contributed by atoms with Crippen molar-refractivity contribution in [2.24, 2.45) is 0 Å². The van der Waals surface area contributed by atoms with E-state index in [1.165, 1.54) is 27.8 Å². The van der Waals surface area contributed by atoms with E-state index in [0.29, 0.717) is 6.42 Å². The highest BCUT2D eigenvalue weighted by atomic mass is 32.2. The SMILES string of the molecule is CC.CCCC(CCC)=C1C2=C(SC=CC2)C(=O)Cc2ccccc21. The van der Waals surface area contributed by atoms with Crippen molar-refractivity contribution < 1.29 is 4.79 Å². The van der Waals surface area contributed by atoms with Gasteiger partial charge in [-0.05, 0) is 46.9 Å². The largest absolute Gasteiger partial charge is 0.293 e. The van der Waals surface area contributed by atoms with E-state index in [-0.39, 0.29) is 5.78 Å². The quantitative estimate of drug-likeness (QED) is 0.574. The van der Waals surface area contributed by atoms with Gasteiger partial charge in [0, 0.05) is 6.42 Å². The number of benzene rings is 1. The minimum atomic E-state index is 0.282. The number of carbonyl (C=O) groups excluding carboxylic acids is 1. The van der Waals surface area contributed by atoms with E-state index in [4.69, 9.17) is 0 Å². The third-order valence-electron chi connectivity index (χ3n) is 4.53. The van der Waals surface area contributed by atoms with Gasteiger partial charge in [0.25, 0.3) is 0 Å². The summed E-state index contributed by atoms with van der Waals surface area (Å²) in [5.41, 5.74) is 6.65. The summed E-state index contributed by atoms with van der Waals surface area (Å²) in [7, 11) is 0. The Bertz CT molecular complexity index is 699. The number of ketones is 1. The zero-order valence-corrected chi connectivity index (χ0v) is 16.8. The van der Waals surface area contributed by atoms with Crippen LogP contribution in [0.4, 0.5) is 0 Å². The molecule has 0 aromatic heterocycles. The molecule has 0 unspecified atom stereocenters. The van der Waals surface area contributed by atoms with Crippen LogP contribution in [0.1, 0.15) is 70.9 Å². The minimum absolute atomic E-state index is 0.282. The first-order chi connectivity index (χ1) is 12.3. The van der Waals surface area contributed by atoms with Gasteiger partial charge in [-0.25, -0.2) is 0 Å². The molecule has 0 bridgehead atoms. The van der Waals surface area contributed by atoms with Crippen LogP contribution in [0.25, 0.3) is 5.57 Å². The van der Waals surface area contributed by atoms with E-state index in [1.807, 2.05) is 13.8 Å². The molecule has 0 radical (unpaired) electrons. The average Bonchev–Trinajstić information content (AvgIpc) is 2.77. The van der Waals surface area contributed by atoms with Crippen molar-refractivity contribution in [1.29, 1.82) is 0 Å². The van der Waals surface area contributed by atoms with Gasteiger partial charge < -0.3 is 0 Å². The van der Waals surface area contributed by atoms with Gasteiger partial charge in [0.15, 0.2) is 5.78 Å². The summed E-state index contributed by atoms with van der Waals surface area (Å²) < 4.78 is 0. The lowest BCUT2D eigenvalue weighted by Gasteiger charge is -2.21. The highest BCUT2D eigenvalue weighted by molar-refractivity contribution is 8.06. The highest BCUT2D eigenvalue weighted by Crippen LogP contribution is 2.44. The molecule has 1 aliphatic heterocycles. The molecule has 1 aromatic rings. The van der Waals surface area contributed by atoms with Gasteiger partial charge in [0.05, 0.1) is 4.91 Å². The number of hydrogen-bond acceptors (Lipinski definition) is 2. The second kappa shape index (κ2) is 9.82. The number of carbonyl (C=O) groups is 1. The van der Waals surface area contributed by atoms with Crippen LogP contribution in [0, 0.1) is 0 Å². The summed E-state index contributed by atoms with van der Waals surface area (Å²) in [6.07, 6.45) is 8.16. The summed E-state index contributed by atoms with van der Waals surface area (Å²) in [5, 5.41) is 2.07. The van der Waals surface area contributed by atoms with Gasteiger partial charge in [0.1, 0.15) is 0 Å². The molecule has 134 valence electrons. The lowest BCUT2D eigenvalue weighted by atomic mass is 9.86. The van der Waals surface area contributed by atoms with E-state index < -0.39 is 0 Å². The van der Waals surface area contributed by atoms with Crippen LogP contribution >= 0.6 is 11.8 Å². The lowest BCUT2D eigenvalue weighted by molar-refractivity contribution is -0.114. The third kappa shape index (κ3) is 4.36. The van der Waals surface area contributed by atoms with E-state index in [0.717, 1.165) is 37.0 Å². The molecule has 0 fully saturated rings. The predicted molar refractivity (Wildman–Crippen MR) is 112 cm³/mol. The van der Waals surface area contributed by atoms with Crippen LogP contribution in [-0.4, -0.2) is 5.78 Å². The van der Waals surface area contributed by atoms with Crippen molar-refractivity contribution >= 4 is 23.1 Å². The molecule has 1 nitrogen and oxygen atoms in total. The molecule has 0 saturated carbocycles. The van der Waals surface area contributed by atoms with Gasteiger partial charge >= 0.3 is 0 Å². The summed E-state index contributed by atoms with van der Waals surface area (Å²) >= 11 is 1.61. The van der Waals surface area contributed by atoms with Gasteiger partial charge in [-0.3, -0.25) is 4.79 Å². The molecular formula is C23H30OS. The number of allylic oxidation sites excluding steroid dienone is 5. The van der Waals surface area contributed by atoms with Crippen LogP contribution in [0.5, 0.6) is 0 Å². The van der Waals surface area contributed by atoms with Gasteiger partial charge in [0.2, 0.25) is 0 Å². The van der Waals surface area contributed by atoms with Crippen molar-refractivity contribution in [3.63, 3.8) is 0 Å². The molecule has 2 heteroatoms. The summed E-state index contributed by atoms with van der Waals surface area (Å²) in [6, 6.07) is 8.50. The maximum atomic E-state index is 12.8. The number of thioether (sulfide) groups is 1. The van der Waals surface area contributed by atoms with Crippen LogP contribution in [0.3, 0.4) is 0 Å². The standard InChI is InChI=1S/C21H24OS.C2H6/c1-3-8-15(9-4-2)20-17-11-6-5-10-16(17)14-19(22)21-18(20)12-7-13-23-21;1-2/h5-7,10-11,13H,3-4,8-9,12,14H2,1-2H3;1-2H3. The zero-order valence-electron chi connectivity index (χ0n) is 16.0. The first-order valence-corrected chi connectivity index (χ1v) is 10.5. The van der Waals surface area contributed by atoms with Crippen LogP contribution < -0.4 is 0 Å². The minimum Gasteiger partial charge on any atom is -0.293 e. The Morgan fingerprint density at radius 3 is 2.44 bits per heavy atom. The molecule has 1 aromatic carbocycles. The van der Waals surface area contributed by atoms with Crippen molar-refractivity contribution in [2.75, 3.05) is 0 Å². The topological polar surface area (TPSA) is 17.1 Å². The number of hydrogen-bond donors (Lipinski definition) is 0. The second-order valence-electron chi connectivity index (χ2n) is 6.24. The smallest absolute Gasteiger partial charge is 0.174 e. The molecule has 0 saturated heterocycles. The van der Waals surface area contributed by atoms with E-state index in [9.17, 15) is 4.79 Å². The number of rotatable bonds is 4. The van der Waals surface area contributed by atoms with Gasteiger partial charge in [-0.2, -0.15) is 0 Å². The number of Topliss-reactive ketones (excluding diaryl/α,β-unsaturated/α-hetero) is 1. The maximum Gasteiger partial charge on any atom is 0.174 e. The van der Waals surface area contributed by atoms with E-state index in [1.54, 1.807) is 11.8 Å². The fourth-order valence-electron chi connectivity index (χ4n) is 3.61. The first-order valence-electron chi connectivity index (χ1n) is 9.64. The van der Waals surface area contributed by atoms with Crippen molar-refractivity contribution in [3.8, 4) is 0 Å². The first kappa shape index (κ1) is 19.8. The van der Waals surface area contributed by atoms with Crippen LogP contribution in [0.15, 0.2) is 51.8 Å². The van der Waals surface area contributed by atoms with Crippen molar-refractivity contribution in [1.82, 2.24) is 0 Å². The molecule has 3 rings (SSSR count). The molecule has 1 heterocycles. The second-order valence-corrected chi connectivity index (χ2v) is 7.15. The summed E-state index contributed by atoms with van der Waals surface area (Å²) in [5.74, 6) is 0.282. The normalized spacial score (nSPS) is 15.8. The predicted octanol–water partition coefficient (Wildman–Crippen LogP) is 7.10. The molecule has 0 atom stereocenters. The monoisotopic (exact) mass is 354 g/mol. The molecule has 2 aliphatic rings. The lowest BCUT2D eigenvalue weighted by Crippen LogP contribution is -2.05.